The van der Waals surface area contributed by atoms with E-state index in [1.807, 2.05) is 32.0 Å². The standard InChI is InChI=1S/C13H18O3/c1-10(14)13(2,3)9-12(15)16-11-7-5-4-6-8-11/h4-8,10,14H,9H2,1-3H3. The smallest absolute Gasteiger partial charge is 0.311 e. The average Bonchev–Trinajstić information content (AvgIpc) is 2.17. The summed E-state index contributed by atoms with van der Waals surface area (Å²) in [5.41, 5.74) is -0.466. The summed E-state index contributed by atoms with van der Waals surface area (Å²) in [7, 11) is 0. The van der Waals surface area contributed by atoms with Crippen molar-refractivity contribution in [3.8, 4) is 5.75 Å². The van der Waals surface area contributed by atoms with E-state index in [0.29, 0.717) is 5.75 Å². The molecule has 1 atom stereocenters. The van der Waals surface area contributed by atoms with Crippen molar-refractivity contribution in [1.29, 1.82) is 0 Å². The van der Waals surface area contributed by atoms with Crippen LogP contribution < -0.4 is 4.74 Å². The molecule has 0 spiro atoms. The molecule has 0 amide bonds. The van der Waals surface area contributed by atoms with Crippen molar-refractivity contribution in [2.45, 2.75) is 33.3 Å². The van der Waals surface area contributed by atoms with Crippen LogP contribution in [0.1, 0.15) is 27.2 Å². The van der Waals surface area contributed by atoms with Gasteiger partial charge < -0.3 is 9.84 Å². The number of benzene rings is 1. The molecule has 0 bridgehead atoms. The molecule has 0 aromatic heterocycles. The van der Waals surface area contributed by atoms with Crippen LogP contribution in [0.2, 0.25) is 0 Å². The zero-order chi connectivity index (χ0) is 12.2. The SMILES string of the molecule is CC(O)C(C)(C)CC(=O)Oc1ccccc1. The molecule has 3 heteroatoms. The summed E-state index contributed by atoms with van der Waals surface area (Å²) in [6, 6.07) is 8.93. The van der Waals surface area contributed by atoms with Gasteiger partial charge in [-0.25, -0.2) is 0 Å². The first kappa shape index (κ1) is 12.7. The van der Waals surface area contributed by atoms with Crippen LogP contribution in [-0.4, -0.2) is 17.2 Å². The summed E-state index contributed by atoms with van der Waals surface area (Å²) in [6.07, 6.45) is -0.352. The number of aliphatic hydroxyl groups excluding tert-OH is 1. The highest BCUT2D eigenvalue weighted by Gasteiger charge is 2.28. The lowest BCUT2D eigenvalue weighted by Crippen LogP contribution is -2.30. The van der Waals surface area contributed by atoms with E-state index < -0.39 is 11.5 Å². The predicted molar refractivity (Wildman–Crippen MR) is 62.2 cm³/mol. The van der Waals surface area contributed by atoms with Crippen LogP contribution in [0.4, 0.5) is 0 Å². The van der Waals surface area contributed by atoms with E-state index in [9.17, 15) is 9.90 Å². The number of carbonyl (C=O) groups is 1. The first-order valence-corrected chi connectivity index (χ1v) is 5.35. The maximum absolute atomic E-state index is 11.6. The summed E-state index contributed by atoms with van der Waals surface area (Å²) in [5.74, 6) is 0.214. The number of carbonyl (C=O) groups excluding carboxylic acids is 1. The number of ether oxygens (including phenoxy) is 1. The number of rotatable bonds is 4. The summed E-state index contributed by atoms with van der Waals surface area (Å²) in [6.45, 7) is 5.35. The molecule has 0 saturated carbocycles. The third-order valence-corrected chi connectivity index (χ3v) is 2.71. The highest BCUT2D eigenvalue weighted by Crippen LogP contribution is 2.25. The zero-order valence-electron chi connectivity index (χ0n) is 9.93. The summed E-state index contributed by atoms with van der Waals surface area (Å²) >= 11 is 0. The van der Waals surface area contributed by atoms with Gasteiger partial charge in [0.2, 0.25) is 0 Å². The van der Waals surface area contributed by atoms with Crippen LogP contribution in [0, 0.1) is 5.41 Å². The Balaban J connectivity index is 2.55. The molecular weight excluding hydrogens is 204 g/mol. The summed E-state index contributed by atoms with van der Waals surface area (Å²) in [5, 5.41) is 9.49. The molecule has 16 heavy (non-hydrogen) atoms. The molecule has 0 aliphatic rings. The second-order valence-corrected chi connectivity index (χ2v) is 4.63. The number of para-hydroxylation sites is 1. The van der Waals surface area contributed by atoms with Crippen molar-refractivity contribution in [3.63, 3.8) is 0 Å². The van der Waals surface area contributed by atoms with Crippen LogP contribution in [0.3, 0.4) is 0 Å². The molecule has 3 nitrogen and oxygen atoms in total. The molecule has 1 rings (SSSR count). The Morgan fingerprint density at radius 3 is 2.44 bits per heavy atom. The van der Waals surface area contributed by atoms with Gasteiger partial charge >= 0.3 is 5.97 Å². The highest BCUT2D eigenvalue weighted by atomic mass is 16.5. The Labute approximate surface area is 96.1 Å². The molecule has 0 fully saturated rings. The number of hydrogen-bond acceptors (Lipinski definition) is 3. The second-order valence-electron chi connectivity index (χ2n) is 4.63. The average molecular weight is 222 g/mol. The van der Waals surface area contributed by atoms with Gasteiger partial charge in [-0.2, -0.15) is 0 Å². The largest absolute Gasteiger partial charge is 0.427 e. The van der Waals surface area contributed by atoms with Crippen LogP contribution in [0.15, 0.2) is 30.3 Å². The van der Waals surface area contributed by atoms with E-state index in [2.05, 4.69) is 0 Å². The summed E-state index contributed by atoms with van der Waals surface area (Å²) in [4.78, 5) is 11.6. The maximum atomic E-state index is 11.6. The van der Waals surface area contributed by atoms with E-state index >= 15 is 0 Å². The van der Waals surface area contributed by atoms with Crippen molar-refractivity contribution < 1.29 is 14.6 Å². The predicted octanol–water partition coefficient (Wildman–Crippen LogP) is 2.39. The second kappa shape index (κ2) is 5.12. The van der Waals surface area contributed by atoms with Crippen molar-refractivity contribution in [2.75, 3.05) is 0 Å². The molecular formula is C13H18O3. The molecule has 0 radical (unpaired) electrons. The van der Waals surface area contributed by atoms with Crippen molar-refractivity contribution in [1.82, 2.24) is 0 Å². The van der Waals surface area contributed by atoms with Gasteiger partial charge in [0, 0.05) is 5.41 Å². The molecule has 1 unspecified atom stereocenters. The van der Waals surface area contributed by atoms with Crippen molar-refractivity contribution in [3.05, 3.63) is 30.3 Å². The van der Waals surface area contributed by atoms with E-state index in [1.54, 1.807) is 19.1 Å². The van der Waals surface area contributed by atoms with Gasteiger partial charge in [0.15, 0.2) is 0 Å². The third kappa shape index (κ3) is 3.66. The van der Waals surface area contributed by atoms with Crippen LogP contribution in [-0.2, 0) is 4.79 Å². The lowest BCUT2D eigenvalue weighted by Gasteiger charge is -2.26. The minimum absolute atomic E-state index is 0.194. The number of hydrogen-bond donors (Lipinski definition) is 1. The summed E-state index contributed by atoms with van der Waals surface area (Å²) < 4.78 is 5.15. The number of aliphatic hydroxyl groups is 1. The Hall–Kier alpha value is -1.35. The topological polar surface area (TPSA) is 46.5 Å². The lowest BCUT2D eigenvalue weighted by molar-refractivity contribution is -0.138. The van der Waals surface area contributed by atoms with Crippen LogP contribution in [0.5, 0.6) is 5.75 Å². The minimum Gasteiger partial charge on any atom is -0.427 e. The Morgan fingerprint density at radius 1 is 1.38 bits per heavy atom. The van der Waals surface area contributed by atoms with E-state index in [-0.39, 0.29) is 12.4 Å². The fraction of sp³-hybridized carbons (Fsp3) is 0.462. The van der Waals surface area contributed by atoms with Gasteiger partial charge in [0.05, 0.1) is 12.5 Å². The zero-order valence-corrected chi connectivity index (χ0v) is 9.93. The third-order valence-electron chi connectivity index (χ3n) is 2.71. The first-order valence-electron chi connectivity index (χ1n) is 5.35. The van der Waals surface area contributed by atoms with Gasteiger partial charge in [-0.05, 0) is 19.1 Å². The molecule has 1 aromatic carbocycles. The molecule has 88 valence electrons. The quantitative estimate of drug-likeness (QED) is 0.628. The van der Waals surface area contributed by atoms with Crippen LogP contribution in [0.25, 0.3) is 0 Å². The van der Waals surface area contributed by atoms with Gasteiger partial charge in [0.1, 0.15) is 5.75 Å². The molecule has 0 heterocycles. The molecule has 0 aliphatic heterocycles. The lowest BCUT2D eigenvalue weighted by atomic mass is 9.84. The van der Waals surface area contributed by atoms with Gasteiger partial charge in [-0.3, -0.25) is 4.79 Å². The van der Waals surface area contributed by atoms with Crippen molar-refractivity contribution in [2.24, 2.45) is 5.41 Å². The normalized spacial score (nSPS) is 13.2. The fourth-order valence-electron chi connectivity index (χ4n) is 1.18. The van der Waals surface area contributed by atoms with Gasteiger partial charge in [-0.15, -0.1) is 0 Å². The monoisotopic (exact) mass is 222 g/mol. The molecule has 1 N–H and O–H groups in total. The van der Waals surface area contributed by atoms with Crippen LogP contribution >= 0.6 is 0 Å². The Morgan fingerprint density at radius 2 is 1.94 bits per heavy atom. The minimum atomic E-state index is -0.546. The Bertz CT molecular complexity index is 341. The molecule has 0 aliphatic carbocycles. The molecule has 1 aromatic rings. The van der Waals surface area contributed by atoms with E-state index in [0.717, 1.165) is 0 Å². The maximum Gasteiger partial charge on any atom is 0.311 e. The van der Waals surface area contributed by atoms with Gasteiger partial charge in [-0.1, -0.05) is 32.0 Å². The fourth-order valence-corrected chi connectivity index (χ4v) is 1.18. The van der Waals surface area contributed by atoms with Crippen molar-refractivity contribution >= 4 is 5.97 Å². The first-order chi connectivity index (χ1) is 7.42. The van der Waals surface area contributed by atoms with E-state index in [4.69, 9.17) is 4.74 Å². The highest BCUT2D eigenvalue weighted by molar-refractivity contribution is 5.73. The molecule has 0 saturated heterocycles. The number of esters is 1. The Kier molecular flexibility index (Phi) is 4.07. The van der Waals surface area contributed by atoms with Gasteiger partial charge in [0.25, 0.3) is 0 Å². The van der Waals surface area contributed by atoms with E-state index in [1.165, 1.54) is 0 Å².